The molecule has 0 heterocycles. The molecule has 1 N–H and O–H groups in total. The number of rotatable bonds is 6. The number of benzene rings is 1. The van der Waals surface area contributed by atoms with Gasteiger partial charge in [-0.1, -0.05) is 26.7 Å². The van der Waals surface area contributed by atoms with Crippen molar-refractivity contribution in [3.05, 3.63) is 18.2 Å². The van der Waals surface area contributed by atoms with Gasteiger partial charge < -0.3 is 14.8 Å². The largest absolute Gasteiger partial charge is 0.494 e. The summed E-state index contributed by atoms with van der Waals surface area (Å²) in [7, 11) is 0. The Balaban J connectivity index is 2.21. The van der Waals surface area contributed by atoms with Crippen LogP contribution in [0.2, 0.25) is 0 Å². The molecule has 118 valence electrons. The standard InChI is InChI=1S/C18H29NO2/c1-5-20-14-10-11-16(21-6-2)15(13-14)19-17-9-7-8-12-18(17,3)4/h10-11,13,17,19H,5-9,12H2,1-4H3. The third kappa shape index (κ3) is 4.05. The molecule has 0 spiro atoms. The Kier molecular flexibility index (Phi) is 5.38. The smallest absolute Gasteiger partial charge is 0.142 e. The maximum atomic E-state index is 5.76. The minimum Gasteiger partial charge on any atom is -0.494 e. The van der Waals surface area contributed by atoms with Gasteiger partial charge in [0.15, 0.2) is 0 Å². The van der Waals surface area contributed by atoms with Crippen LogP contribution in [0.15, 0.2) is 18.2 Å². The third-order valence-corrected chi connectivity index (χ3v) is 4.40. The molecule has 1 saturated carbocycles. The zero-order chi connectivity index (χ0) is 15.3. The van der Waals surface area contributed by atoms with Crippen LogP contribution in [-0.2, 0) is 0 Å². The summed E-state index contributed by atoms with van der Waals surface area (Å²) in [6, 6.07) is 6.54. The molecule has 1 aromatic carbocycles. The summed E-state index contributed by atoms with van der Waals surface area (Å²) in [5, 5.41) is 3.72. The Morgan fingerprint density at radius 3 is 2.57 bits per heavy atom. The highest BCUT2D eigenvalue weighted by molar-refractivity contribution is 5.60. The highest BCUT2D eigenvalue weighted by Gasteiger charge is 2.32. The Bertz CT molecular complexity index is 457. The molecule has 0 aliphatic heterocycles. The topological polar surface area (TPSA) is 30.5 Å². The van der Waals surface area contributed by atoms with E-state index in [0.29, 0.717) is 24.7 Å². The van der Waals surface area contributed by atoms with Gasteiger partial charge in [0.2, 0.25) is 0 Å². The molecular weight excluding hydrogens is 262 g/mol. The summed E-state index contributed by atoms with van der Waals surface area (Å²) in [4.78, 5) is 0. The van der Waals surface area contributed by atoms with Crippen LogP contribution < -0.4 is 14.8 Å². The van der Waals surface area contributed by atoms with Crippen LogP contribution in [0.4, 0.5) is 5.69 Å². The van der Waals surface area contributed by atoms with E-state index in [4.69, 9.17) is 9.47 Å². The number of ether oxygens (including phenoxy) is 2. The van der Waals surface area contributed by atoms with Crippen LogP contribution in [0.1, 0.15) is 53.4 Å². The van der Waals surface area contributed by atoms with Gasteiger partial charge in [-0.2, -0.15) is 0 Å². The lowest BCUT2D eigenvalue weighted by atomic mass is 9.73. The zero-order valence-electron chi connectivity index (χ0n) is 13.9. The fraction of sp³-hybridized carbons (Fsp3) is 0.667. The summed E-state index contributed by atoms with van der Waals surface area (Å²) in [5.41, 5.74) is 1.38. The van der Waals surface area contributed by atoms with Crippen LogP contribution in [0.3, 0.4) is 0 Å². The van der Waals surface area contributed by atoms with Crippen molar-refractivity contribution in [2.24, 2.45) is 5.41 Å². The molecule has 21 heavy (non-hydrogen) atoms. The number of nitrogens with one attached hydrogen (secondary N) is 1. The lowest BCUT2D eigenvalue weighted by Gasteiger charge is -2.40. The van der Waals surface area contributed by atoms with Crippen LogP contribution in [0.25, 0.3) is 0 Å². The minimum absolute atomic E-state index is 0.323. The molecule has 1 aliphatic carbocycles. The summed E-state index contributed by atoms with van der Waals surface area (Å²) in [5.74, 6) is 1.82. The van der Waals surface area contributed by atoms with Crippen molar-refractivity contribution in [1.29, 1.82) is 0 Å². The molecule has 0 aromatic heterocycles. The molecule has 1 fully saturated rings. The van der Waals surface area contributed by atoms with Crippen molar-refractivity contribution in [1.82, 2.24) is 0 Å². The van der Waals surface area contributed by atoms with Crippen molar-refractivity contribution in [2.45, 2.75) is 59.4 Å². The molecule has 1 aromatic rings. The van der Waals surface area contributed by atoms with Gasteiger partial charge in [-0.25, -0.2) is 0 Å². The van der Waals surface area contributed by atoms with Gasteiger partial charge in [0.05, 0.1) is 18.9 Å². The molecular formula is C18H29NO2. The van der Waals surface area contributed by atoms with Crippen LogP contribution in [0.5, 0.6) is 11.5 Å². The van der Waals surface area contributed by atoms with E-state index >= 15 is 0 Å². The quantitative estimate of drug-likeness (QED) is 0.811. The van der Waals surface area contributed by atoms with Crippen molar-refractivity contribution in [3.63, 3.8) is 0 Å². The molecule has 1 unspecified atom stereocenters. The lowest BCUT2D eigenvalue weighted by Crippen LogP contribution is -2.39. The molecule has 3 nitrogen and oxygen atoms in total. The van der Waals surface area contributed by atoms with Crippen molar-refractivity contribution >= 4 is 5.69 Å². The Morgan fingerprint density at radius 1 is 1.14 bits per heavy atom. The van der Waals surface area contributed by atoms with E-state index in [9.17, 15) is 0 Å². The van der Waals surface area contributed by atoms with Gasteiger partial charge in [-0.15, -0.1) is 0 Å². The average molecular weight is 291 g/mol. The maximum absolute atomic E-state index is 5.76. The number of hydrogen-bond acceptors (Lipinski definition) is 3. The molecule has 0 amide bonds. The van der Waals surface area contributed by atoms with Gasteiger partial charge in [0.25, 0.3) is 0 Å². The summed E-state index contributed by atoms with van der Waals surface area (Å²) < 4.78 is 11.4. The number of anilines is 1. The monoisotopic (exact) mass is 291 g/mol. The molecule has 1 aliphatic rings. The van der Waals surface area contributed by atoms with E-state index in [2.05, 4.69) is 25.2 Å². The van der Waals surface area contributed by atoms with Gasteiger partial charge in [0.1, 0.15) is 11.5 Å². The Morgan fingerprint density at radius 2 is 1.90 bits per heavy atom. The van der Waals surface area contributed by atoms with E-state index in [-0.39, 0.29) is 0 Å². The molecule has 2 rings (SSSR count). The van der Waals surface area contributed by atoms with E-state index in [1.807, 2.05) is 26.0 Å². The zero-order valence-corrected chi connectivity index (χ0v) is 13.9. The first-order valence-electron chi connectivity index (χ1n) is 8.23. The minimum atomic E-state index is 0.323. The van der Waals surface area contributed by atoms with Crippen molar-refractivity contribution in [3.8, 4) is 11.5 Å². The van der Waals surface area contributed by atoms with Gasteiger partial charge in [-0.05, 0) is 44.2 Å². The maximum Gasteiger partial charge on any atom is 0.142 e. The van der Waals surface area contributed by atoms with E-state index in [0.717, 1.165) is 17.2 Å². The van der Waals surface area contributed by atoms with Crippen molar-refractivity contribution < 1.29 is 9.47 Å². The second kappa shape index (κ2) is 7.06. The van der Waals surface area contributed by atoms with Gasteiger partial charge in [0, 0.05) is 12.1 Å². The van der Waals surface area contributed by atoms with Gasteiger partial charge in [-0.3, -0.25) is 0 Å². The predicted molar refractivity (Wildman–Crippen MR) is 88.4 cm³/mol. The average Bonchev–Trinajstić information content (AvgIpc) is 2.44. The van der Waals surface area contributed by atoms with Crippen LogP contribution >= 0.6 is 0 Å². The Hall–Kier alpha value is -1.38. The SMILES string of the molecule is CCOc1ccc(OCC)c(NC2CCCCC2(C)C)c1. The molecule has 3 heteroatoms. The number of hydrogen-bond donors (Lipinski definition) is 1. The summed E-state index contributed by atoms with van der Waals surface area (Å²) >= 11 is 0. The molecule has 1 atom stereocenters. The molecule has 0 saturated heterocycles. The van der Waals surface area contributed by atoms with Crippen molar-refractivity contribution in [2.75, 3.05) is 18.5 Å². The fourth-order valence-electron chi connectivity index (χ4n) is 3.11. The summed E-state index contributed by atoms with van der Waals surface area (Å²) in [6.45, 7) is 10.1. The second-order valence-corrected chi connectivity index (χ2v) is 6.46. The second-order valence-electron chi connectivity index (χ2n) is 6.46. The third-order valence-electron chi connectivity index (χ3n) is 4.40. The van der Waals surface area contributed by atoms with Crippen LogP contribution in [-0.4, -0.2) is 19.3 Å². The highest BCUT2D eigenvalue weighted by Crippen LogP contribution is 2.39. The van der Waals surface area contributed by atoms with Crippen LogP contribution in [0, 0.1) is 5.41 Å². The fourth-order valence-corrected chi connectivity index (χ4v) is 3.11. The predicted octanol–water partition coefficient (Wildman–Crippen LogP) is 4.86. The highest BCUT2D eigenvalue weighted by atomic mass is 16.5. The molecule has 0 radical (unpaired) electrons. The Labute approximate surface area is 129 Å². The van der Waals surface area contributed by atoms with Gasteiger partial charge >= 0.3 is 0 Å². The summed E-state index contributed by atoms with van der Waals surface area (Å²) in [6.07, 6.45) is 5.13. The molecule has 0 bridgehead atoms. The van der Waals surface area contributed by atoms with E-state index in [1.54, 1.807) is 0 Å². The first kappa shape index (κ1) is 16.0. The first-order valence-corrected chi connectivity index (χ1v) is 8.23. The normalized spacial score (nSPS) is 20.9. The van der Waals surface area contributed by atoms with E-state index in [1.165, 1.54) is 25.7 Å². The lowest BCUT2D eigenvalue weighted by molar-refractivity contribution is 0.216. The first-order chi connectivity index (χ1) is 10.1. The van der Waals surface area contributed by atoms with E-state index < -0.39 is 0 Å².